The number of fused-ring (bicyclic) bond motifs is 5. The van der Waals surface area contributed by atoms with Crippen molar-refractivity contribution in [3.63, 3.8) is 0 Å². The number of aliphatic hydroxyl groups is 1. The zero-order chi connectivity index (χ0) is 25.3. The lowest BCUT2D eigenvalue weighted by atomic mass is 9.45. The number of carbonyl (C=O) groups excluding carboxylic acids is 2. The summed E-state index contributed by atoms with van der Waals surface area (Å²) in [5, 5.41) is 9.82. The van der Waals surface area contributed by atoms with Crippen LogP contribution in [0.4, 0.5) is 0 Å². The minimum atomic E-state index is -3.59. The fourth-order valence-electron chi connectivity index (χ4n) is 7.87. The summed E-state index contributed by atoms with van der Waals surface area (Å²) in [6, 6.07) is 0. The molecule has 0 aromatic heterocycles. The highest BCUT2D eigenvalue weighted by atomic mass is 35.5. The monoisotopic (exact) mass is 536 g/mol. The molecule has 0 radical (unpaired) electrons. The third-order valence-corrected chi connectivity index (χ3v) is 11.1. The summed E-state index contributed by atoms with van der Waals surface area (Å²) in [5.74, 6) is -1.99. The summed E-state index contributed by atoms with van der Waals surface area (Å²) >= 11 is 7.50. The van der Waals surface area contributed by atoms with Gasteiger partial charge in [-0.2, -0.15) is 0 Å². The van der Waals surface area contributed by atoms with Crippen LogP contribution in [0.25, 0.3) is 0 Å². The molecule has 0 spiro atoms. The lowest BCUT2D eigenvalue weighted by molar-refractivity contribution is -0.170. The van der Waals surface area contributed by atoms with Crippen LogP contribution in [0.3, 0.4) is 0 Å². The third-order valence-electron chi connectivity index (χ3n) is 9.21. The first-order valence-electron chi connectivity index (χ1n) is 11.4. The van der Waals surface area contributed by atoms with Crippen LogP contribution in [0, 0.1) is 28.6 Å². The minimum absolute atomic E-state index is 0.00941. The summed E-state index contributed by atoms with van der Waals surface area (Å²) < 4.78 is 35.1. The topological polar surface area (TPSA) is 147 Å². The predicted octanol–water partition coefficient (Wildman–Crippen LogP) is 2.98. The number of halogens is 1. The molecule has 12 heteroatoms. The molecule has 0 aromatic carbocycles. The number of aliphatic hydroxyl groups excluding tert-OH is 1. The van der Waals surface area contributed by atoms with E-state index in [0.29, 0.717) is 19.3 Å². The summed E-state index contributed by atoms with van der Waals surface area (Å²) in [7, 11) is -7.06. The predicted molar refractivity (Wildman–Crippen MR) is 125 cm³/mol. The Labute approximate surface area is 204 Å². The van der Waals surface area contributed by atoms with Crippen molar-refractivity contribution in [1.82, 2.24) is 0 Å². The first kappa shape index (κ1) is 26.4. The molecule has 10 atom stereocenters. The zero-order valence-electron chi connectivity index (χ0n) is 19.2. The lowest BCUT2D eigenvalue weighted by Gasteiger charge is -2.64. The number of allylic oxidation sites excluding steroid dienone is 4. The van der Waals surface area contributed by atoms with Gasteiger partial charge in [-0.05, 0) is 55.6 Å². The van der Waals surface area contributed by atoms with Crippen LogP contribution >= 0.6 is 28.1 Å². The van der Waals surface area contributed by atoms with Gasteiger partial charge in [0.1, 0.15) is 12.2 Å². The van der Waals surface area contributed by atoms with Gasteiger partial charge in [0.2, 0.25) is 0 Å². The zero-order valence-corrected chi connectivity index (χ0v) is 22.0. The van der Waals surface area contributed by atoms with Gasteiger partial charge in [-0.15, -0.1) is 11.6 Å². The maximum Gasteiger partial charge on any atom is 0.317 e. The molecular weight excluding hydrogens is 506 g/mol. The van der Waals surface area contributed by atoms with E-state index >= 15 is 0 Å². The maximum absolute atomic E-state index is 13.2. The minimum Gasteiger partial charge on any atom is -0.388 e. The van der Waals surface area contributed by atoms with E-state index in [0.717, 1.165) is 5.57 Å². The third kappa shape index (κ3) is 3.39. The average Bonchev–Trinajstić information content (AvgIpc) is 2.96. The molecule has 2 unspecified atom stereocenters. The average molecular weight is 537 g/mol. The Morgan fingerprint density at radius 2 is 1.91 bits per heavy atom. The number of carbonyl (C=O) groups is 2. The van der Waals surface area contributed by atoms with Gasteiger partial charge in [-0.1, -0.05) is 32.4 Å². The molecule has 0 bridgehead atoms. The second-order valence-electron chi connectivity index (χ2n) is 10.4. The van der Waals surface area contributed by atoms with Gasteiger partial charge in [0.25, 0.3) is 0 Å². The molecule has 4 rings (SSSR count). The molecule has 3 N–H and O–H groups in total. The van der Waals surface area contributed by atoms with Crippen LogP contribution in [0.1, 0.15) is 46.5 Å². The Bertz CT molecular complexity index is 1030. The molecule has 4 aliphatic carbocycles. The van der Waals surface area contributed by atoms with Gasteiger partial charge in [0, 0.05) is 10.8 Å². The molecule has 190 valence electrons. The summed E-state index contributed by atoms with van der Waals surface area (Å²) in [5.41, 5.74) is -2.92. The highest BCUT2D eigenvalue weighted by Crippen LogP contribution is 2.73. The lowest BCUT2D eigenvalue weighted by Crippen LogP contribution is -2.69. The van der Waals surface area contributed by atoms with Gasteiger partial charge in [0.15, 0.2) is 11.6 Å². The van der Waals surface area contributed by atoms with Gasteiger partial charge in [-0.25, -0.2) is 0 Å². The van der Waals surface area contributed by atoms with E-state index in [-0.39, 0.29) is 24.0 Å². The first-order valence-corrected chi connectivity index (χ1v) is 14.3. The van der Waals surface area contributed by atoms with Crippen molar-refractivity contribution in [3.8, 4) is 0 Å². The summed E-state index contributed by atoms with van der Waals surface area (Å²) in [6.45, 7) is 4.52. The SMILES string of the molecule is C[C@H]1C[C@H]2[C@@H]3CCC4=CC(=O)C=C[C@]4(C)[C@@]3(Cl)[C@@H](O[PH](=O)O)C[C@]2(C)[C@@]1(O[PH](=O)O)C(=O)CO. The van der Waals surface area contributed by atoms with Crippen LogP contribution in [0.2, 0.25) is 0 Å². The molecule has 3 fully saturated rings. The van der Waals surface area contributed by atoms with Crippen molar-refractivity contribution < 1.29 is 42.7 Å². The molecule has 3 saturated carbocycles. The van der Waals surface area contributed by atoms with Crippen LogP contribution < -0.4 is 0 Å². The maximum atomic E-state index is 13.2. The molecule has 0 saturated heterocycles. The Kier molecular flexibility index (Phi) is 6.80. The summed E-state index contributed by atoms with van der Waals surface area (Å²) in [6.07, 6.45) is 5.23. The number of Topliss-reactive ketones (excluding diaryl/α,β-unsaturated/α-hetero) is 1. The molecule has 0 heterocycles. The van der Waals surface area contributed by atoms with Gasteiger partial charge < -0.3 is 19.4 Å². The molecular formula is C22H31ClO9P2. The molecule has 4 aliphatic rings. The second kappa shape index (κ2) is 8.74. The highest BCUT2D eigenvalue weighted by molar-refractivity contribution is 7.32. The van der Waals surface area contributed by atoms with Crippen molar-refractivity contribution in [2.24, 2.45) is 28.6 Å². The molecule has 0 aromatic rings. The van der Waals surface area contributed by atoms with E-state index in [4.69, 9.17) is 20.6 Å². The Morgan fingerprint density at radius 1 is 1.24 bits per heavy atom. The Hall–Kier alpha value is -0.630. The van der Waals surface area contributed by atoms with Crippen LogP contribution in [0.5, 0.6) is 0 Å². The highest BCUT2D eigenvalue weighted by Gasteiger charge is 2.76. The molecule has 0 amide bonds. The van der Waals surface area contributed by atoms with E-state index < -0.39 is 62.2 Å². The molecule has 0 aliphatic heterocycles. The van der Waals surface area contributed by atoms with Gasteiger partial charge in [0.05, 0.1) is 11.0 Å². The number of ketones is 2. The Balaban J connectivity index is 1.92. The molecule has 9 nitrogen and oxygen atoms in total. The van der Waals surface area contributed by atoms with E-state index in [1.165, 1.54) is 6.08 Å². The quantitative estimate of drug-likeness (QED) is 0.344. The molecule has 34 heavy (non-hydrogen) atoms. The van der Waals surface area contributed by atoms with Crippen molar-refractivity contribution >= 4 is 39.7 Å². The Morgan fingerprint density at radius 3 is 2.50 bits per heavy atom. The summed E-state index contributed by atoms with van der Waals surface area (Å²) in [4.78, 5) is 43.6. The number of hydrogen-bond donors (Lipinski definition) is 3. The van der Waals surface area contributed by atoms with Gasteiger partial charge in [-0.3, -0.25) is 23.2 Å². The van der Waals surface area contributed by atoms with Crippen molar-refractivity contribution in [1.29, 1.82) is 0 Å². The first-order chi connectivity index (χ1) is 15.8. The largest absolute Gasteiger partial charge is 0.388 e. The van der Waals surface area contributed by atoms with Crippen LogP contribution in [-0.2, 0) is 27.8 Å². The smallest absolute Gasteiger partial charge is 0.317 e. The fraction of sp³-hybridized carbons (Fsp3) is 0.727. The second-order valence-corrected chi connectivity index (χ2v) is 12.6. The normalized spacial score (nSPS) is 47.3. The fourth-order valence-corrected chi connectivity index (χ4v) is 9.84. The van der Waals surface area contributed by atoms with Crippen LogP contribution in [-0.4, -0.2) is 49.6 Å². The van der Waals surface area contributed by atoms with E-state index in [9.17, 15) is 33.6 Å². The van der Waals surface area contributed by atoms with Crippen LogP contribution in [0.15, 0.2) is 23.8 Å². The van der Waals surface area contributed by atoms with Crippen molar-refractivity contribution in [2.45, 2.75) is 63.0 Å². The standard InChI is InChI=1S/C22H31ClO9P2/c1-12-8-16-15-5-4-13-9-14(25)6-7-19(13,2)21(15,23)18(31-33(27)28)10-20(16,3)22(12,17(26)11-24)32-34(29)30/h6-7,9,12,15-16,18,24,33-34H,4-5,8,10-11H2,1-3H3,(H,27,28)(H,29,30)/t12-,15-,16-,18-,19-,20-,21-,22-/m0/s1. The van der Waals surface area contributed by atoms with Crippen molar-refractivity contribution in [3.05, 3.63) is 23.8 Å². The van der Waals surface area contributed by atoms with E-state index in [1.54, 1.807) is 26.0 Å². The van der Waals surface area contributed by atoms with Gasteiger partial charge >= 0.3 is 16.5 Å². The van der Waals surface area contributed by atoms with Crippen molar-refractivity contribution in [2.75, 3.05) is 6.61 Å². The van der Waals surface area contributed by atoms with E-state index in [1.807, 2.05) is 6.92 Å². The number of hydrogen-bond acceptors (Lipinski definition) is 7. The number of alkyl halides is 1. The number of rotatable bonds is 6. The van der Waals surface area contributed by atoms with E-state index in [2.05, 4.69) is 0 Å².